The Kier molecular flexibility index (Phi) is 32.1. The van der Waals surface area contributed by atoms with E-state index in [1.807, 2.05) is 34.6 Å². The minimum absolute atomic E-state index is 0.00214. The van der Waals surface area contributed by atoms with Crippen molar-refractivity contribution < 1.29 is 94.6 Å². The quantitative estimate of drug-likeness (QED) is 0.0229. The number of ether oxygens (including phenoxy) is 5. The van der Waals surface area contributed by atoms with Gasteiger partial charge in [0.15, 0.2) is 28.5 Å². The third-order valence-corrected chi connectivity index (χ3v) is 13.8. The van der Waals surface area contributed by atoms with Gasteiger partial charge < -0.3 is 70.0 Å². The fourth-order valence-electron chi connectivity index (χ4n) is 8.97. The van der Waals surface area contributed by atoms with E-state index in [9.17, 15) is 50.6 Å². The molecule has 0 aliphatic rings. The first-order chi connectivity index (χ1) is 52.8. The highest BCUT2D eigenvalue weighted by atomic mass is 16.7. The van der Waals surface area contributed by atoms with Crippen molar-refractivity contribution in [2.45, 2.75) is 69.2 Å². The van der Waals surface area contributed by atoms with Crippen molar-refractivity contribution >= 4 is 57.0 Å². The van der Waals surface area contributed by atoms with Crippen molar-refractivity contribution in [1.82, 2.24) is 24.9 Å². The second-order valence-electron chi connectivity index (χ2n) is 21.3. The molecule has 110 heavy (non-hydrogen) atoms. The molecule has 0 aliphatic carbocycles. The lowest BCUT2D eigenvalue weighted by Gasteiger charge is -1.99. The van der Waals surface area contributed by atoms with E-state index in [-0.39, 0.29) is 58.2 Å². The fraction of sp³-hybridized carbons (Fsp3) is 0.286. The van der Waals surface area contributed by atoms with Gasteiger partial charge in [0.25, 0.3) is 28.4 Å². The first kappa shape index (κ1) is 84.4. The lowest BCUT2D eigenvalue weighted by molar-refractivity contribution is -0.385. The van der Waals surface area contributed by atoms with Crippen molar-refractivity contribution in [3.8, 4) is 87.0 Å². The Hall–Kier alpha value is -14.5. The summed E-state index contributed by atoms with van der Waals surface area (Å²) in [4.78, 5) is 96.2. The van der Waals surface area contributed by atoms with Crippen LogP contribution in [0.2, 0.25) is 0 Å². The molecule has 0 aliphatic heterocycles. The Labute approximate surface area is 625 Å². The molecular formula is C70H75N15O25. The molecule has 40 heteroatoms. The van der Waals surface area contributed by atoms with Crippen molar-refractivity contribution in [3.63, 3.8) is 0 Å². The number of aromatic nitrogens is 5. The SMILES string of the molecule is CCOc1oc(-c2ccc([N+](=O)[O-])cc2)nc1/C(C)=N\OC.CCOc1oc(-c2ccc([N+](=O)[O-])cc2)nc1/C(C)=N\OC.CCOc1oc(-c2ccc([N+](=O)[O-])cc2)nc1/C(C)=N\OC.CCOc1oc(-c2ccc([N+](=O)[O-])cc2)nc1/C(C)=N\OC.CCOc1oc(-c2ccc([N+](=O)[O-])cc2)nc1/C(C)=N\OC. The maximum Gasteiger partial charge on any atom is 0.315 e. The number of non-ortho nitro benzene ring substituents is 5. The van der Waals surface area contributed by atoms with E-state index in [1.165, 1.54) is 96.2 Å². The second-order valence-corrected chi connectivity index (χ2v) is 21.3. The summed E-state index contributed by atoms with van der Waals surface area (Å²) in [5.74, 6) is 2.61. The van der Waals surface area contributed by atoms with Crippen molar-refractivity contribution in [3.05, 3.63) is 200 Å². The molecule has 0 amide bonds. The molecule has 10 rings (SSSR count). The van der Waals surface area contributed by atoms with E-state index >= 15 is 0 Å². The number of nitrogens with zero attached hydrogens (tertiary/aromatic N) is 15. The summed E-state index contributed by atoms with van der Waals surface area (Å²) in [6.45, 7) is 19.7. The highest BCUT2D eigenvalue weighted by molar-refractivity contribution is 6.01. The van der Waals surface area contributed by atoms with Crippen LogP contribution < -0.4 is 23.7 Å². The molecule has 5 heterocycles. The lowest BCUT2D eigenvalue weighted by Crippen LogP contribution is -2.01. The zero-order valence-electron chi connectivity index (χ0n) is 62.0. The summed E-state index contributed by atoms with van der Waals surface area (Å²) < 4.78 is 54.8. The number of hydrogen-bond donors (Lipinski definition) is 0. The monoisotopic (exact) mass is 1530 g/mol. The smallest absolute Gasteiger partial charge is 0.315 e. The molecular weight excluding hydrogens is 1450 g/mol. The molecule has 0 unspecified atom stereocenters. The first-order valence-electron chi connectivity index (χ1n) is 32.6. The van der Waals surface area contributed by atoms with Gasteiger partial charge in [-0.05, 0) is 130 Å². The molecule has 0 N–H and O–H groups in total. The van der Waals surface area contributed by atoms with Crippen LogP contribution in [0.25, 0.3) is 57.3 Å². The van der Waals surface area contributed by atoms with Crippen LogP contribution in [0.1, 0.15) is 97.7 Å². The van der Waals surface area contributed by atoms with Gasteiger partial charge in [-0.1, -0.05) is 25.8 Å². The van der Waals surface area contributed by atoms with E-state index in [0.29, 0.717) is 147 Å². The zero-order chi connectivity index (χ0) is 80.6. The van der Waals surface area contributed by atoms with Crippen LogP contribution in [-0.4, -0.2) is 147 Å². The zero-order valence-corrected chi connectivity index (χ0v) is 62.0. The predicted molar refractivity (Wildman–Crippen MR) is 395 cm³/mol. The molecule has 0 atom stereocenters. The van der Waals surface area contributed by atoms with Gasteiger partial charge in [-0.2, -0.15) is 0 Å². The standard InChI is InChI=1S/5C14H15N3O5/c5*1-4-21-14-12(9(2)16-20-3)15-13(22-14)10-5-7-11(8-6-10)17(18)19/h5*5-8H,4H2,1-3H3/b5*16-9-. The molecule has 5 aromatic carbocycles. The molecule has 0 spiro atoms. The first-order valence-corrected chi connectivity index (χ1v) is 32.6. The molecule has 0 saturated heterocycles. The number of benzene rings is 5. The van der Waals surface area contributed by atoms with E-state index in [4.69, 9.17) is 70.0 Å². The summed E-state index contributed by atoms with van der Waals surface area (Å²) in [5, 5.41) is 72.4. The third-order valence-electron chi connectivity index (χ3n) is 13.8. The lowest BCUT2D eigenvalue weighted by atomic mass is 10.2. The molecule has 580 valence electrons. The highest BCUT2D eigenvalue weighted by Crippen LogP contribution is 2.35. The number of oxime groups is 5. The van der Waals surface area contributed by atoms with Crippen LogP contribution in [0.3, 0.4) is 0 Å². The van der Waals surface area contributed by atoms with E-state index in [1.54, 1.807) is 95.3 Å². The third kappa shape index (κ3) is 23.2. The van der Waals surface area contributed by atoms with Crippen LogP contribution in [0, 0.1) is 50.6 Å². The minimum Gasteiger partial charge on any atom is -0.464 e. The molecule has 0 radical (unpaired) electrons. The van der Waals surface area contributed by atoms with Gasteiger partial charge >= 0.3 is 29.7 Å². The molecule has 0 fully saturated rings. The number of hydrogen-bond acceptors (Lipinski definition) is 35. The van der Waals surface area contributed by atoms with Crippen LogP contribution in [0.4, 0.5) is 28.4 Å². The van der Waals surface area contributed by atoms with Crippen molar-refractivity contribution in [2.24, 2.45) is 25.8 Å². The molecule has 0 bridgehead atoms. The van der Waals surface area contributed by atoms with E-state index in [2.05, 4.69) is 50.7 Å². The van der Waals surface area contributed by atoms with Gasteiger partial charge in [-0.15, -0.1) is 0 Å². The second kappa shape index (κ2) is 41.9. The van der Waals surface area contributed by atoms with E-state index < -0.39 is 24.6 Å². The average Bonchev–Trinajstić information content (AvgIpc) is 1.70. The largest absolute Gasteiger partial charge is 0.464 e. The Morgan fingerprint density at radius 3 is 0.527 bits per heavy atom. The molecule has 5 aromatic heterocycles. The summed E-state index contributed by atoms with van der Waals surface area (Å²) in [7, 11) is 7.16. The Bertz CT molecular complexity index is 4160. The van der Waals surface area contributed by atoms with Crippen LogP contribution in [0.15, 0.2) is 169 Å². The van der Waals surface area contributed by atoms with Gasteiger partial charge in [-0.3, -0.25) is 50.6 Å². The van der Waals surface area contributed by atoms with Gasteiger partial charge in [0.1, 0.15) is 64.1 Å². The van der Waals surface area contributed by atoms with Gasteiger partial charge in [-0.25, -0.2) is 24.9 Å². The minimum atomic E-state index is -0.466. The normalized spacial score (nSPS) is 11.3. The maximum absolute atomic E-state index is 10.7. The summed E-state index contributed by atoms with van der Waals surface area (Å²) in [6, 6.07) is 29.5. The van der Waals surface area contributed by atoms with Gasteiger partial charge in [0.05, 0.1) is 57.7 Å². The number of nitro groups is 5. The number of oxazole rings is 5. The molecule has 0 saturated carbocycles. The average molecular weight is 1530 g/mol. The van der Waals surface area contributed by atoms with Crippen LogP contribution in [-0.2, 0) is 24.2 Å². The van der Waals surface area contributed by atoms with Gasteiger partial charge in [0, 0.05) is 88.5 Å². The summed E-state index contributed by atoms with van der Waals surface area (Å²) in [6.07, 6.45) is 0. The maximum atomic E-state index is 10.7. The fourth-order valence-corrected chi connectivity index (χ4v) is 8.97. The Morgan fingerprint density at radius 1 is 0.282 bits per heavy atom. The van der Waals surface area contributed by atoms with Crippen LogP contribution in [0.5, 0.6) is 29.7 Å². The topological polar surface area (TPSA) is 500 Å². The molecule has 40 nitrogen and oxygen atoms in total. The van der Waals surface area contributed by atoms with Crippen LogP contribution >= 0.6 is 0 Å². The Balaban J connectivity index is 0.000000215. The van der Waals surface area contributed by atoms with Crippen molar-refractivity contribution in [1.29, 1.82) is 0 Å². The number of nitro benzene ring substituents is 5. The Morgan fingerprint density at radius 2 is 0.418 bits per heavy atom. The predicted octanol–water partition coefficient (Wildman–Crippen LogP) is 15.1. The highest BCUT2D eigenvalue weighted by Gasteiger charge is 2.25. The van der Waals surface area contributed by atoms with Crippen molar-refractivity contribution in [2.75, 3.05) is 68.6 Å². The number of rotatable bonds is 30. The van der Waals surface area contributed by atoms with Gasteiger partial charge in [0.2, 0.25) is 29.5 Å². The van der Waals surface area contributed by atoms with E-state index in [0.717, 1.165) is 0 Å². The molecule has 10 aromatic rings. The summed E-state index contributed by atoms with van der Waals surface area (Å²) >= 11 is 0. The summed E-state index contributed by atoms with van der Waals surface area (Å²) in [5.41, 5.74) is 7.64.